The number of fused-ring (bicyclic) bond motifs is 1. The number of hydrogen-bond acceptors (Lipinski definition) is 7. The van der Waals surface area contributed by atoms with E-state index in [2.05, 4.69) is 52.7 Å². The number of hydrogen-bond donors (Lipinski definition) is 3. The Morgan fingerprint density at radius 1 is 1.24 bits per heavy atom. The van der Waals surface area contributed by atoms with Crippen molar-refractivity contribution in [3.8, 4) is 11.9 Å². The Hall–Kier alpha value is -4.02. The molecule has 0 radical (unpaired) electrons. The minimum Gasteiger partial charge on any atom is -0.469 e. The van der Waals surface area contributed by atoms with Crippen LogP contribution in [0.5, 0.6) is 5.88 Å². The Morgan fingerprint density at radius 3 is 2.68 bits per heavy atom. The third-order valence-corrected chi connectivity index (χ3v) is 5.89. The molecule has 0 saturated heterocycles. The van der Waals surface area contributed by atoms with Gasteiger partial charge < -0.3 is 20.8 Å². The van der Waals surface area contributed by atoms with Crippen LogP contribution in [0.15, 0.2) is 67.1 Å². The number of nitrogens with one attached hydrogen (secondary N) is 3. The van der Waals surface area contributed by atoms with Crippen molar-refractivity contribution in [2.24, 2.45) is 5.92 Å². The summed E-state index contributed by atoms with van der Waals surface area (Å²) in [6.07, 6.45) is 9.46. The highest BCUT2D eigenvalue weighted by Gasteiger charge is 2.30. The third-order valence-electron chi connectivity index (χ3n) is 5.89. The van der Waals surface area contributed by atoms with Crippen LogP contribution in [0, 0.1) is 22.7 Å². The molecule has 1 aromatic carbocycles. The van der Waals surface area contributed by atoms with Gasteiger partial charge in [0.25, 0.3) is 0 Å². The maximum atomic E-state index is 9.00. The van der Waals surface area contributed by atoms with Gasteiger partial charge in [0.05, 0.1) is 29.9 Å². The lowest BCUT2D eigenvalue weighted by atomic mass is 10.0. The first kappa shape index (κ1) is 27.6. The number of rotatable bonds is 9. The summed E-state index contributed by atoms with van der Waals surface area (Å²) in [5.41, 5.74) is 5.45. The molecule has 192 valence electrons. The molecule has 0 bridgehead atoms. The summed E-state index contributed by atoms with van der Waals surface area (Å²) < 4.78 is 6.35. The van der Waals surface area contributed by atoms with Gasteiger partial charge >= 0.3 is 0 Å². The average molecular weight is 497 g/mol. The second-order valence-corrected chi connectivity index (χ2v) is 8.90. The van der Waals surface area contributed by atoms with Gasteiger partial charge in [-0.3, -0.25) is 4.98 Å². The predicted molar refractivity (Wildman–Crippen MR) is 150 cm³/mol. The maximum Gasteiger partial charge on any atom is 0.237 e. The van der Waals surface area contributed by atoms with E-state index in [9.17, 15) is 0 Å². The van der Waals surface area contributed by atoms with Crippen LogP contribution in [0.1, 0.15) is 56.0 Å². The molecule has 0 spiro atoms. The lowest BCUT2D eigenvalue weighted by molar-refractivity contribution is 0.150. The molecule has 2 atom stereocenters. The first-order valence-electron chi connectivity index (χ1n) is 12.8. The zero-order valence-corrected chi connectivity index (χ0v) is 22.0. The summed E-state index contributed by atoms with van der Waals surface area (Å²) >= 11 is 0. The van der Waals surface area contributed by atoms with Crippen molar-refractivity contribution < 1.29 is 4.74 Å². The molecule has 2 unspecified atom stereocenters. The fourth-order valence-electron chi connectivity index (χ4n) is 4.14. The monoisotopic (exact) mass is 496 g/mol. The molecule has 7 nitrogen and oxygen atoms in total. The molecular weight excluding hydrogens is 460 g/mol. The van der Waals surface area contributed by atoms with Crippen LogP contribution in [0.2, 0.25) is 0 Å². The van der Waals surface area contributed by atoms with Gasteiger partial charge in [0.1, 0.15) is 6.10 Å². The fourth-order valence-corrected chi connectivity index (χ4v) is 4.14. The van der Waals surface area contributed by atoms with E-state index in [-0.39, 0.29) is 12.1 Å². The third kappa shape index (κ3) is 7.48. The van der Waals surface area contributed by atoms with Crippen LogP contribution in [0.3, 0.4) is 0 Å². The number of benzene rings is 1. The highest BCUT2D eigenvalue weighted by atomic mass is 16.5. The van der Waals surface area contributed by atoms with Gasteiger partial charge in [-0.05, 0) is 59.8 Å². The molecule has 2 aromatic heterocycles. The highest BCUT2D eigenvalue weighted by Crippen LogP contribution is 2.33. The van der Waals surface area contributed by atoms with Crippen molar-refractivity contribution in [1.29, 1.82) is 10.7 Å². The number of aromatic nitrogens is 2. The predicted octanol–water partition coefficient (Wildman–Crippen LogP) is 5.81. The molecule has 1 aliphatic rings. The molecule has 3 aromatic rings. The molecule has 3 N–H and O–H groups in total. The summed E-state index contributed by atoms with van der Waals surface area (Å²) in [7, 11) is 0. The zero-order chi connectivity index (χ0) is 26.6. The molecule has 7 heteroatoms. The summed E-state index contributed by atoms with van der Waals surface area (Å²) in [6, 6.07) is 15.7. The number of ether oxygens (including phenoxy) is 1. The SMILES string of the molecule is CC.CC(C)/C=C(\C=N)c1cnc2c(c1)NCC(C(NCCc1ccc(C#N)cc1)c1cccnc1)O2. The van der Waals surface area contributed by atoms with E-state index in [0.717, 1.165) is 35.4 Å². The van der Waals surface area contributed by atoms with E-state index < -0.39 is 0 Å². The second-order valence-electron chi connectivity index (χ2n) is 8.90. The summed E-state index contributed by atoms with van der Waals surface area (Å²) in [4.78, 5) is 8.87. The number of nitrogens with zero attached hydrogens (tertiary/aromatic N) is 3. The van der Waals surface area contributed by atoms with Crippen LogP contribution in [-0.4, -0.2) is 35.4 Å². The Labute approximate surface area is 220 Å². The summed E-state index contributed by atoms with van der Waals surface area (Å²) in [6.45, 7) is 9.53. The molecular formula is C30H36N6O. The fraction of sp³-hybridized carbons (Fsp3) is 0.333. The minimum atomic E-state index is -0.181. The lowest BCUT2D eigenvalue weighted by Gasteiger charge is -2.33. The Kier molecular flexibility index (Phi) is 10.4. The van der Waals surface area contributed by atoms with Gasteiger partial charge in [-0.1, -0.05) is 52.0 Å². The van der Waals surface area contributed by atoms with Gasteiger partial charge in [-0.25, -0.2) is 4.98 Å². The molecule has 0 aliphatic carbocycles. The van der Waals surface area contributed by atoms with Crippen LogP contribution >= 0.6 is 0 Å². The van der Waals surface area contributed by atoms with Crippen molar-refractivity contribution in [2.75, 3.05) is 18.4 Å². The maximum absolute atomic E-state index is 9.00. The first-order chi connectivity index (χ1) is 18.1. The molecule has 0 amide bonds. The highest BCUT2D eigenvalue weighted by molar-refractivity contribution is 6.08. The molecule has 0 fully saturated rings. The Balaban J connectivity index is 0.00000186. The molecule has 3 heterocycles. The van der Waals surface area contributed by atoms with Gasteiger partial charge in [0, 0.05) is 30.4 Å². The van der Waals surface area contributed by atoms with E-state index in [1.807, 2.05) is 56.4 Å². The first-order valence-corrected chi connectivity index (χ1v) is 12.8. The van der Waals surface area contributed by atoms with Gasteiger partial charge in [0.15, 0.2) is 0 Å². The Bertz CT molecular complexity index is 1220. The standard InChI is InChI=1S/C28H30N6O.C2H6/c1-19(2)12-23(15-30)24-13-25-28(34-17-24)35-26(18-33-25)27(22-4-3-10-31-16-22)32-11-9-20-5-7-21(14-29)8-6-20;1-2/h3-8,10,12-13,15-17,19,26-27,30,32-33H,9,11,18H2,1-2H3;1-2H3/b23-12+,30-15?;. The van der Waals surface area contributed by atoms with E-state index in [1.54, 1.807) is 12.4 Å². The van der Waals surface area contributed by atoms with E-state index in [4.69, 9.17) is 15.4 Å². The quantitative estimate of drug-likeness (QED) is 0.323. The Morgan fingerprint density at radius 2 is 2.03 bits per heavy atom. The lowest BCUT2D eigenvalue weighted by Crippen LogP contribution is -2.43. The topological polar surface area (TPSA) is 107 Å². The number of pyridine rings is 2. The average Bonchev–Trinajstić information content (AvgIpc) is 2.95. The molecule has 37 heavy (non-hydrogen) atoms. The van der Waals surface area contributed by atoms with Gasteiger partial charge in [-0.15, -0.1) is 0 Å². The van der Waals surface area contributed by atoms with Crippen molar-refractivity contribution in [3.63, 3.8) is 0 Å². The van der Waals surface area contributed by atoms with Crippen LogP contribution in [0.25, 0.3) is 5.57 Å². The van der Waals surface area contributed by atoms with Crippen LogP contribution in [0.4, 0.5) is 5.69 Å². The number of anilines is 1. The second kappa shape index (κ2) is 13.9. The largest absolute Gasteiger partial charge is 0.469 e. The minimum absolute atomic E-state index is 0.0813. The number of nitriles is 1. The van der Waals surface area contributed by atoms with E-state index in [0.29, 0.717) is 23.9 Å². The van der Waals surface area contributed by atoms with Crippen LogP contribution in [-0.2, 0) is 6.42 Å². The molecule has 1 aliphatic heterocycles. The summed E-state index contributed by atoms with van der Waals surface area (Å²) in [5, 5.41) is 23.9. The summed E-state index contributed by atoms with van der Waals surface area (Å²) in [5.74, 6) is 0.897. The van der Waals surface area contributed by atoms with Crippen molar-refractivity contribution in [3.05, 3.63) is 89.4 Å². The van der Waals surface area contributed by atoms with Gasteiger partial charge in [-0.2, -0.15) is 5.26 Å². The van der Waals surface area contributed by atoms with Crippen molar-refractivity contribution >= 4 is 17.5 Å². The van der Waals surface area contributed by atoms with Crippen LogP contribution < -0.4 is 15.4 Å². The van der Waals surface area contributed by atoms with Crippen molar-refractivity contribution in [2.45, 2.75) is 46.3 Å². The van der Waals surface area contributed by atoms with E-state index >= 15 is 0 Å². The molecule has 0 saturated carbocycles. The van der Waals surface area contributed by atoms with E-state index in [1.165, 1.54) is 11.8 Å². The zero-order valence-electron chi connectivity index (χ0n) is 22.0. The normalized spacial score (nSPS) is 15.2. The van der Waals surface area contributed by atoms with Crippen molar-refractivity contribution in [1.82, 2.24) is 15.3 Å². The smallest absolute Gasteiger partial charge is 0.237 e. The molecule has 4 rings (SSSR count). The van der Waals surface area contributed by atoms with Gasteiger partial charge in [0.2, 0.25) is 5.88 Å². The number of allylic oxidation sites excluding steroid dienone is 2.